The normalized spacial score (nSPS) is 10.4. The molecule has 0 bridgehead atoms. The van der Waals surface area contributed by atoms with E-state index >= 15 is 0 Å². The summed E-state index contributed by atoms with van der Waals surface area (Å²) in [6.45, 7) is 9.91. The third kappa shape index (κ3) is 4.49. The van der Waals surface area contributed by atoms with E-state index in [0.717, 1.165) is 37.3 Å². The molecule has 0 aliphatic rings. The van der Waals surface area contributed by atoms with Gasteiger partial charge in [0.2, 0.25) is 0 Å². The monoisotopic (exact) mass is 247 g/mol. The summed E-state index contributed by atoms with van der Waals surface area (Å²) in [5, 5.41) is 3.20. The summed E-state index contributed by atoms with van der Waals surface area (Å²) < 4.78 is 0. The van der Waals surface area contributed by atoms with Crippen LogP contribution in [0.25, 0.3) is 0 Å². The third-order valence-corrected chi connectivity index (χ3v) is 2.71. The summed E-state index contributed by atoms with van der Waals surface area (Å²) >= 11 is 0. The van der Waals surface area contributed by atoms with Crippen LogP contribution in [0.3, 0.4) is 0 Å². The fourth-order valence-electron chi connectivity index (χ4n) is 2.01. The maximum Gasteiger partial charge on any atom is 0.129 e. The highest BCUT2D eigenvalue weighted by Crippen LogP contribution is 2.16. The van der Waals surface area contributed by atoms with E-state index in [1.54, 1.807) is 0 Å². The first-order valence-electron chi connectivity index (χ1n) is 6.56. The highest BCUT2D eigenvalue weighted by atomic mass is 15.2. The van der Waals surface area contributed by atoms with Gasteiger partial charge in [-0.25, -0.2) is 4.98 Å². The van der Waals surface area contributed by atoms with Crippen LogP contribution in [0.1, 0.15) is 31.5 Å². The molecule has 0 fully saturated rings. The summed E-state index contributed by atoms with van der Waals surface area (Å²) in [6, 6.07) is 4.34. The van der Waals surface area contributed by atoms with Crippen LogP contribution in [-0.2, 0) is 13.0 Å². The Morgan fingerprint density at radius 1 is 1.44 bits per heavy atom. The molecular weight excluding hydrogens is 222 g/mol. The molecule has 0 spiro atoms. The maximum absolute atomic E-state index is 4.72. The van der Waals surface area contributed by atoms with Gasteiger partial charge in [-0.2, -0.15) is 0 Å². The zero-order valence-corrected chi connectivity index (χ0v) is 12.1. The quantitative estimate of drug-likeness (QED) is 0.751. The van der Waals surface area contributed by atoms with E-state index in [0.29, 0.717) is 0 Å². The van der Waals surface area contributed by atoms with Crippen molar-refractivity contribution in [3.8, 4) is 0 Å². The van der Waals surface area contributed by atoms with Gasteiger partial charge in [0, 0.05) is 25.8 Å². The third-order valence-electron chi connectivity index (χ3n) is 2.71. The lowest BCUT2D eigenvalue weighted by molar-refractivity contribution is 0.801. The first-order chi connectivity index (χ1) is 8.56. The Morgan fingerprint density at radius 2 is 2.17 bits per heavy atom. The minimum atomic E-state index is 0.849. The van der Waals surface area contributed by atoms with Crippen LogP contribution in [0.2, 0.25) is 0 Å². The van der Waals surface area contributed by atoms with E-state index < -0.39 is 0 Å². The summed E-state index contributed by atoms with van der Waals surface area (Å²) in [4.78, 5) is 6.87. The Bertz CT molecular complexity index is 374. The zero-order valence-electron chi connectivity index (χ0n) is 12.1. The lowest BCUT2D eigenvalue weighted by Gasteiger charge is -2.20. The van der Waals surface area contributed by atoms with Crippen molar-refractivity contribution in [1.82, 2.24) is 10.3 Å². The number of anilines is 1. The van der Waals surface area contributed by atoms with E-state index in [2.05, 4.69) is 42.9 Å². The van der Waals surface area contributed by atoms with Crippen LogP contribution >= 0.6 is 0 Å². The van der Waals surface area contributed by atoms with Crippen molar-refractivity contribution in [2.24, 2.45) is 0 Å². The molecule has 1 rings (SSSR count). The van der Waals surface area contributed by atoms with Crippen molar-refractivity contribution >= 4 is 5.82 Å². The second-order valence-electron chi connectivity index (χ2n) is 4.92. The molecule has 1 N–H and O–H groups in total. The molecule has 0 saturated heterocycles. The van der Waals surface area contributed by atoms with Gasteiger partial charge in [-0.1, -0.05) is 25.5 Å². The van der Waals surface area contributed by atoms with E-state index in [1.807, 2.05) is 14.0 Å². The summed E-state index contributed by atoms with van der Waals surface area (Å²) in [5.74, 6) is 1.04. The lowest BCUT2D eigenvalue weighted by atomic mass is 10.1. The van der Waals surface area contributed by atoms with Crippen LogP contribution in [-0.4, -0.2) is 25.6 Å². The molecule has 1 heterocycles. The smallest absolute Gasteiger partial charge is 0.129 e. The Labute approximate surface area is 111 Å². The molecule has 0 amide bonds. The number of likely N-dealkylation sites (N-methyl/N-ethyl adjacent to an activating group) is 1. The second-order valence-corrected chi connectivity index (χ2v) is 4.92. The SMILES string of the molecule is C=C(C)CN(C)c1cc(CNC)cc(CCC)n1. The molecule has 0 aliphatic carbocycles. The fraction of sp³-hybridized carbons (Fsp3) is 0.533. The summed E-state index contributed by atoms with van der Waals surface area (Å²) in [6.07, 6.45) is 2.16. The number of hydrogen-bond donors (Lipinski definition) is 1. The first-order valence-corrected chi connectivity index (χ1v) is 6.56. The van der Waals surface area contributed by atoms with Crippen molar-refractivity contribution in [2.45, 2.75) is 33.2 Å². The highest BCUT2D eigenvalue weighted by Gasteiger charge is 2.06. The van der Waals surface area contributed by atoms with Crippen LogP contribution < -0.4 is 10.2 Å². The van der Waals surface area contributed by atoms with Crippen molar-refractivity contribution < 1.29 is 0 Å². The molecule has 0 unspecified atom stereocenters. The molecule has 1 aromatic heterocycles. The Hall–Kier alpha value is -1.35. The molecule has 0 atom stereocenters. The lowest BCUT2D eigenvalue weighted by Crippen LogP contribution is -2.21. The van der Waals surface area contributed by atoms with Gasteiger partial charge < -0.3 is 10.2 Å². The molecule has 0 aliphatic heterocycles. The summed E-state index contributed by atoms with van der Waals surface area (Å²) in [5.41, 5.74) is 3.61. The molecule has 3 nitrogen and oxygen atoms in total. The van der Waals surface area contributed by atoms with E-state index in [1.165, 1.54) is 11.3 Å². The number of pyridine rings is 1. The van der Waals surface area contributed by atoms with Crippen molar-refractivity contribution in [3.63, 3.8) is 0 Å². The minimum absolute atomic E-state index is 0.849. The Kier molecular flexibility index (Phi) is 5.86. The predicted molar refractivity (Wildman–Crippen MR) is 79.1 cm³/mol. The number of rotatable bonds is 7. The zero-order chi connectivity index (χ0) is 13.5. The Morgan fingerprint density at radius 3 is 2.72 bits per heavy atom. The van der Waals surface area contributed by atoms with Crippen molar-refractivity contribution in [1.29, 1.82) is 0 Å². The van der Waals surface area contributed by atoms with Crippen LogP contribution in [0, 0.1) is 0 Å². The molecule has 18 heavy (non-hydrogen) atoms. The first kappa shape index (κ1) is 14.7. The van der Waals surface area contributed by atoms with Crippen molar-refractivity contribution in [2.75, 3.05) is 25.5 Å². The molecular formula is C15H25N3. The van der Waals surface area contributed by atoms with Gasteiger partial charge in [-0.05, 0) is 38.1 Å². The number of hydrogen-bond acceptors (Lipinski definition) is 3. The Balaban J connectivity index is 2.97. The molecule has 1 aromatic rings. The van der Waals surface area contributed by atoms with Crippen molar-refractivity contribution in [3.05, 3.63) is 35.5 Å². The molecule has 0 aromatic carbocycles. The number of nitrogens with zero attached hydrogens (tertiary/aromatic N) is 2. The molecule has 100 valence electrons. The van der Waals surface area contributed by atoms with Crippen LogP contribution in [0.4, 0.5) is 5.82 Å². The van der Waals surface area contributed by atoms with Gasteiger partial charge in [0.25, 0.3) is 0 Å². The summed E-state index contributed by atoms with van der Waals surface area (Å²) in [7, 11) is 4.03. The van der Waals surface area contributed by atoms with Crippen LogP contribution in [0.5, 0.6) is 0 Å². The topological polar surface area (TPSA) is 28.2 Å². The minimum Gasteiger partial charge on any atom is -0.356 e. The van der Waals surface area contributed by atoms with Gasteiger partial charge in [-0.3, -0.25) is 0 Å². The van der Waals surface area contributed by atoms with Gasteiger partial charge in [0.15, 0.2) is 0 Å². The largest absolute Gasteiger partial charge is 0.356 e. The number of nitrogens with one attached hydrogen (secondary N) is 1. The van der Waals surface area contributed by atoms with Crippen LogP contribution in [0.15, 0.2) is 24.3 Å². The van der Waals surface area contributed by atoms with E-state index in [9.17, 15) is 0 Å². The van der Waals surface area contributed by atoms with E-state index in [-0.39, 0.29) is 0 Å². The van der Waals surface area contributed by atoms with Gasteiger partial charge >= 0.3 is 0 Å². The average molecular weight is 247 g/mol. The van der Waals surface area contributed by atoms with Gasteiger partial charge in [0.1, 0.15) is 5.82 Å². The van der Waals surface area contributed by atoms with E-state index in [4.69, 9.17) is 4.98 Å². The number of aryl methyl sites for hydroxylation is 1. The maximum atomic E-state index is 4.72. The van der Waals surface area contributed by atoms with Gasteiger partial charge in [-0.15, -0.1) is 0 Å². The average Bonchev–Trinajstić information content (AvgIpc) is 2.28. The fourth-order valence-corrected chi connectivity index (χ4v) is 2.01. The molecule has 0 saturated carbocycles. The molecule has 0 radical (unpaired) electrons. The number of aromatic nitrogens is 1. The standard InChI is InChI=1S/C15H25N3/c1-6-7-14-8-13(10-16-4)9-15(17-14)18(5)11-12(2)3/h8-9,16H,2,6-7,10-11H2,1,3-5H3. The molecule has 3 heteroatoms. The van der Waals surface area contributed by atoms with Gasteiger partial charge in [0.05, 0.1) is 0 Å². The highest BCUT2D eigenvalue weighted by molar-refractivity contribution is 5.43. The second kappa shape index (κ2) is 7.17. The predicted octanol–water partition coefficient (Wildman–Crippen LogP) is 2.77.